The third-order valence-electron chi connectivity index (χ3n) is 4.21. The van der Waals surface area contributed by atoms with Crippen LogP contribution in [0.2, 0.25) is 0 Å². The number of anilines is 2. The van der Waals surface area contributed by atoms with Crippen molar-refractivity contribution in [3.8, 4) is 0 Å². The van der Waals surface area contributed by atoms with Crippen LogP contribution in [0.5, 0.6) is 0 Å². The van der Waals surface area contributed by atoms with Crippen molar-refractivity contribution in [1.82, 2.24) is 14.8 Å². The molecule has 6 nitrogen and oxygen atoms in total. The standard InChI is InChI=1S/C18H17F3N4O2/c19-18(20,21)13-2-1-3-14(10-13)23-15-4-5-22-16(11-15)17(27)25-8-6-24(12-26)7-9-25/h1-5,10-12H,6-9H2,(H,22,23). The first-order valence-electron chi connectivity index (χ1n) is 8.26. The van der Waals surface area contributed by atoms with Crippen LogP contribution in [0.4, 0.5) is 24.5 Å². The highest BCUT2D eigenvalue weighted by Crippen LogP contribution is 2.31. The van der Waals surface area contributed by atoms with Crippen molar-refractivity contribution < 1.29 is 22.8 Å². The number of pyridine rings is 1. The molecule has 1 fully saturated rings. The number of halogens is 3. The summed E-state index contributed by atoms with van der Waals surface area (Å²) in [4.78, 5) is 30.5. The van der Waals surface area contributed by atoms with E-state index in [1.54, 1.807) is 15.9 Å². The Bertz CT molecular complexity index is 833. The van der Waals surface area contributed by atoms with Gasteiger partial charge in [0, 0.05) is 43.8 Å². The van der Waals surface area contributed by atoms with Crippen molar-refractivity contribution in [1.29, 1.82) is 0 Å². The summed E-state index contributed by atoms with van der Waals surface area (Å²) in [6.07, 6.45) is -2.26. The molecule has 1 aliphatic rings. The number of carbonyl (C=O) groups excluding carboxylic acids is 2. The van der Waals surface area contributed by atoms with Crippen LogP contribution in [0, 0.1) is 0 Å². The van der Waals surface area contributed by atoms with E-state index in [2.05, 4.69) is 10.3 Å². The second-order valence-electron chi connectivity index (χ2n) is 6.07. The lowest BCUT2D eigenvalue weighted by Crippen LogP contribution is -2.48. The Hall–Kier alpha value is -3.10. The Balaban J connectivity index is 1.72. The molecule has 1 aromatic carbocycles. The van der Waals surface area contributed by atoms with Crippen LogP contribution in [0.15, 0.2) is 42.6 Å². The molecule has 3 rings (SSSR count). The average molecular weight is 378 g/mol. The quantitative estimate of drug-likeness (QED) is 0.831. The van der Waals surface area contributed by atoms with E-state index >= 15 is 0 Å². The number of alkyl halides is 3. The van der Waals surface area contributed by atoms with Gasteiger partial charge in [-0.25, -0.2) is 0 Å². The third kappa shape index (κ3) is 4.55. The number of benzene rings is 1. The average Bonchev–Trinajstić information content (AvgIpc) is 2.67. The summed E-state index contributed by atoms with van der Waals surface area (Å²) in [6.45, 7) is 1.73. The number of aromatic nitrogens is 1. The van der Waals surface area contributed by atoms with Crippen LogP contribution in [-0.4, -0.2) is 53.3 Å². The number of nitrogens with zero attached hydrogens (tertiary/aromatic N) is 3. The fourth-order valence-electron chi connectivity index (χ4n) is 2.76. The minimum Gasteiger partial charge on any atom is -0.355 e. The summed E-state index contributed by atoms with van der Waals surface area (Å²) in [7, 11) is 0. The first-order chi connectivity index (χ1) is 12.9. The van der Waals surface area contributed by atoms with E-state index in [0.29, 0.717) is 31.9 Å². The highest BCUT2D eigenvalue weighted by atomic mass is 19.4. The van der Waals surface area contributed by atoms with E-state index < -0.39 is 11.7 Å². The Labute approximate surface area is 153 Å². The van der Waals surface area contributed by atoms with Gasteiger partial charge in [-0.05, 0) is 30.3 Å². The van der Waals surface area contributed by atoms with Gasteiger partial charge in [0.15, 0.2) is 0 Å². The van der Waals surface area contributed by atoms with Crippen LogP contribution in [-0.2, 0) is 11.0 Å². The SMILES string of the molecule is O=CN1CCN(C(=O)c2cc(Nc3cccc(C(F)(F)F)c3)ccn2)CC1. The number of amides is 2. The van der Waals surface area contributed by atoms with Crippen molar-refractivity contribution in [2.45, 2.75) is 6.18 Å². The summed E-state index contributed by atoms with van der Waals surface area (Å²) in [5.41, 5.74) is 0.144. The monoisotopic (exact) mass is 378 g/mol. The first kappa shape index (κ1) is 18.7. The summed E-state index contributed by atoms with van der Waals surface area (Å²) < 4.78 is 38.5. The van der Waals surface area contributed by atoms with Gasteiger partial charge in [-0.15, -0.1) is 0 Å². The molecule has 9 heteroatoms. The normalized spacial score (nSPS) is 14.8. The van der Waals surface area contributed by atoms with Crippen molar-refractivity contribution in [2.24, 2.45) is 0 Å². The molecule has 142 valence electrons. The van der Waals surface area contributed by atoms with Gasteiger partial charge in [0.05, 0.1) is 5.56 Å². The number of rotatable bonds is 4. The molecule has 0 unspecified atom stereocenters. The summed E-state index contributed by atoms with van der Waals surface area (Å²) in [6, 6.07) is 7.88. The molecule has 1 saturated heterocycles. The predicted octanol–water partition coefficient (Wildman–Crippen LogP) is 2.76. The van der Waals surface area contributed by atoms with Crippen molar-refractivity contribution in [3.05, 3.63) is 53.9 Å². The molecule has 0 spiro atoms. The van der Waals surface area contributed by atoms with Crippen LogP contribution < -0.4 is 5.32 Å². The second kappa shape index (κ2) is 7.65. The molecule has 0 aliphatic carbocycles. The zero-order valence-electron chi connectivity index (χ0n) is 14.2. The first-order valence-corrected chi connectivity index (χ1v) is 8.26. The molecule has 0 bridgehead atoms. The van der Waals surface area contributed by atoms with Gasteiger partial charge in [-0.3, -0.25) is 14.6 Å². The van der Waals surface area contributed by atoms with E-state index in [1.807, 2.05) is 0 Å². The zero-order chi connectivity index (χ0) is 19.4. The topological polar surface area (TPSA) is 65.5 Å². The number of carbonyl (C=O) groups is 2. The maximum atomic E-state index is 12.8. The van der Waals surface area contributed by atoms with Crippen LogP contribution in [0.3, 0.4) is 0 Å². The molecule has 1 aliphatic heterocycles. The number of piperazine rings is 1. The number of hydrogen-bond donors (Lipinski definition) is 1. The largest absolute Gasteiger partial charge is 0.416 e. The lowest BCUT2D eigenvalue weighted by atomic mass is 10.2. The maximum absolute atomic E-state index is 12.8. The molecule has 1 aromatic heterocycles. The van der Waals surface area contributed by atoms with Gasteiger partial charge in [0.2, 0.25) is 6.41 Å². The van der Waals surface area contributed by atoms with Crippen LogP contribution in [0.25, 0.3) is 0 Å². The van der Waals surface area contributed by atoms with Gasteiger partial charge in [0.25, 0.3) is 5.91 Å². The van der Waals surface area contributed by atoms with E-state index in [-0.39, 0.29) is 17.3 Å². The second-order valence-corrected chi connectivity index (χ2v) is 6.07. The van der Waals surface area contributed by atoms with Crippen LogP contribution in [0.1, 0.15) is 16.1 Å². The minimum atomic E-state index is -4.43. The summed E-state index contributed by atoms with van der Waals surface area (Å²) >= 11 is 0. The molecule has 0 atom stereocenters. The highest BCUT2D eigenvalue weighted by Gasteiger charge is 2.30. The van der Waals surface area contributed by atoms with Crippen molar-refractivity contribution in [2.75, 3.05) is 31.5 Å². The number of nitrogens with one attached hydrogen (secondary N) is 1. The van der Waals surface area contributed by atoms with Crippen LogP contribution >= 0.6 is 0 Å². The third-order valence-corrected chi connectivity index (χ3v) is 4.21. The predicted molar refractivity (Wildman–Crippen MR) is 92.5 cm³/mol. The molecule has 1 N–H and O–H groups in total. The molecule has 27 heavy (non-hydrogen) atoms. The Morgan fingerprint density at radius 3 is 2.44 bits per heavy atom. The Kier molecular flexibility index (Phi) is 5.29. The molecule has 0 saturated carbocycles. The fourth-order valence-corrected chi connectivity index (χ4v) is 2.76. The van der Waals surface area contributed by atoms with Crippen molar-refractivity contribution >= 4 is 23.7 Å². The van der Waals surface area contributed by atoms with E-state index in [0.717, 1.165) is 18.5 Å². The van der Waals surface area contributed by atoms with E-state index in [1.165, 1.54) is 24.4 Å². The molecular formula is C18H17F3N4O2. The smallest absolute Gasteiger partial charge is 0.355 e. The zero-order valence-corrected chi connectivity index (χ0v) is 14.2. The number of hydrogen-bond acceptors (Lipinski definition) is 4. The fraction of sp³-hybridized carbons (Fsp3) is 0.278. The Morgan fingerprint density at radius 2 is 1.78 bits per heavy atom. The molecule has 2 amide bonds. The van der Waals surface area contributed by atoms with Gasteiger partial charge in [-0.2, -0.15) is 13.2 Å². The highest BCUT2D eigenvalue weighted by molar-refractivity contribution is 5.93. The maximum Gasteiger partial charge on any atom is 0.416 e. The summed E-state index contributed by atoms with van der Waals surface area (Å²) in [5, 5.41) is 2.87. The van der Waals surface area contributed by atoms with Crippen molar-refractivity contribution in [3.63, 3.8) is 0 Å². The van der Waals surface area contributed by atoms with Gasteiger partial charge >= 0.3 is 6.18 Å². The van der Waals surface area contributed by atoms with Gasteiger partial charge in [-0.1, -0.05) is 6.07 Å². The van der Waals surface area contributed by atoms with Gasteiger partial charge in [0.1, 0.15) is 5.69 Å². The van der Waals surface area contributed by atoms with Gasteiger partial charge < -0.3 is 15.1 Å². The molecule has 2 heterocycles. The Morgan fingerprint density at radius 1 is 1.07 bits per heavy atom. The summed E-state index contributed by atoms with van der Waals surface area (Å²) in [5.74, 6) is -0.284. The lowest BCUT2D eigenvalue weighted by molar-refractivity contribution is -0.137. The van der Waals surface area contributed by atoms with E-state index in [4.69, 9.17) is 0 Å². The minimum absolute atomic E-state index is 0.187. The molecular weight excluding hydrogens is 361 g/mol. The lowest BCUT2D eigenvalue weighted by Gasteiger charge is -2.32. The van der Waals surface area contributed by atoms with E-state index in [9.17, 15) is 22.8 Å². The molecule has 2 aromatic rings. The molecule has 0 radical (unpaired) electrons.